The maximum Gasteiger partial charge on any atom is 0.151 e. The van der Waals surface area contributed by atoms with E-state index in [9.17, 15) is 4.39 Å². The summed E-state index contributed by atoms with van der Waals surface area (Å²) in [7, 11) is 0. The normalized spacial score (nSPS) is 10.8. The first-order valence-corrected chi connectivity index (χ1v) is 5.66. The SMILES string of the molecule is CCc1nc(CC)n(-c2ccc(F)cc2N)n1. The van der Waals surface area contributed by atoms with Crippen LogP contribution < -0.4 is 5.73 Å². The Kier molecular flexibility index (Phi) is 3.08. The number of aromatic nitrogens is 3. The number of nitrogens with two attached hydrogens (primary N) is 1. The van der Waals surface area contributed by atoms with Crippen LogP contribution in [-0.2, 0) is 12.8 Å². The monoisotopic (exact) mass is 234 g/mol. The van der Waals surface area contributed by atoms with Crippen molar-refractivity contribution in [1.29, 1.82) is 0 Å². The lowest BCUT2D eigenvalue weighted by atomic mass is 10.2. The molecule has 0 aliphatic heterocycles. The van der Waals surface area contributed by atoms with Gasteiger partial charge in [-0.05, 0) is 18.2 Å². The van der Waals surface area contributed by atoms with E-state index in [1.54, 1.807) is 10.7 Å². The van der Waals surface area contributed by atoms with E-state index in [4.69, 9.17) is 5.73 Å². The van der Waals surface area contributed by atoms with Crippen molar-refractivity contribution < 1.29 is 4.39 Å². The minimum Gasteiger partial charge on any atom is -0.397 e. The second kappa shape index (κ2) is 4.53. The van der Waals surface area contributed by atoms with Gasteiger partial charge in [0.2, 0.25) is 0 Å². The van der Waals surface area contributed by atoms with E-state index in [0.717, 1.165) is 24.5 Å². The van der Waals surface area contributed by atoms with Gasteiger partial charge in [-0.2, -0.15) is 5.10 Å². The van der Waals surface area contributed by atoms with Gasteiger partial charge in [0.05, 0.1) is 11.4 Å². The fraction of sp³-hybridized carbons (Fsp3) is 0.333. The molecule has 2 N–H and O–H groups in total. The zero-order valence-corrected chi connectivity index (χ0v) is 9.94. The highest BCUT2D eigenvalue weighted by atomic mass is 19.1. The number of anilines is 1. The molecule has 0 aliphatic rings. The summed E-state index contributed by atoms with van der Waals surface area (Å²) in [5.74, 6) is 1.26. The van der Waals surface area contributed by atoms with Crippen molar-refractivity contribution in [2.75, 3.05) is 5.73 Å². The molecule has 0 bridgehead atoms. The molecule has 0 aliphatic carbocycles. The summed E-state index contributed by atoms with van der Waals surface area (Å²) < 4.78 is 14.7. The Morgan fingerprint density at radius 1 is 1.29 bits per heavy atom. The van der Waals surface area contributed by atoms with Crippen LogP contribution in [0.3, 0.4) is 0 Å². The molecule has 2 aromatic rings. The highest BCUT2D eigenvalue weighted by molar-refractivity contribution is 5.57. The lowest BCUT2D eigenvalue weighted by molar-refractivity contribution is 0.627. The average molecular weight is 234 g/mol. The lowest BCUT2D eigenvalue weighted by Gasteiger charge is -2.07. The minimum atomic E-state index is -0.347. The molecule has 0 radical (unpaired) electrons. The Balaban J connectivity index is 2.55. The molecule has 0 saturated heterocycles. The standard InChI is InChI=1S/C12H15FN4/c1-3-11-15-12(4-2)17(16-11)10-6-5-8(13)7-9(10)14/h5-7H,3-4,14H2,1-2H3. The topological polar surface area (TPSA) is 56.7 Å². The summed E-state index contributed by atoms with van der Waals surface area (Å²) >= 11 is 0. The van der Waals surface area contributed by atoms with Gasteiger partial charge >= 0.3 is 0 Å². The molecule has 90 valence electrons. The third kappa shape index (κ3) is 2.13. The molecule has 0 unspecified atom stereocenters. The molecule has 1 aromatic heterocycles. The van der Waals surface area contributed by atoms with Gasteiger partial charge in [-0.1, -0.05) is 13.8 Å². The fourth-order valence-electron chi connectivity index (χ4n) is 1.68. The molecule has 0 fully saturated rings. The van der Waals surface area contributed by atoms with Crippen molar-refractivity contribution in [3.63, 3.8) is 0 Å². The number of nitrogens with zero attached hydrogens (tertiary/aromatic N) is 3. The molecule has 0 atom stereocenters. The van der Waals surface area contributed by atoms with E-state index >= 15 is 0 Å². The zero-order valence-electron chi connectivity index (χ0n) is 9.94. The number of hydrogen-bond donors (Lipinski definition) is 1. The van der Waals surface area contributed by atoms with Crippen LogP contribution in [0.4, 0.5) is 10.1 Å². The van der Waals surface area contributed by atoms with Gasteiger partial charge in [0, 0.05) is 12.8 Å². The first-order chi connectivity index (χ1) is 8.15. The van der Waals surface area contributed by atoms with Crippen LogP contribution in [0.1, 0.15) is 25.5 Å². The van der Waals surface area contributed by atoms with Gasteiger partial charge in [-0.3, -0.25) is 0 Å². The first-order valence-electron chi connectivity index (χ1n) is 5.66. The summed E-state index contributed by atoms with van der Waals surface area (Å²) in [4.78, 5) is 4.39. The second-order valence-electron chi connectivity index (χ2n) is 3.77. The van der Waals surface area contributed by atoms with Crippen molar-refractivity contribution in [3.05, 3.63) is 35.7 Å². The molecule has 4 nitrogen and oxygen atoms in total. The molecule has 0 saturated carbocycles. The molecule has 1 aromatic carbocycles. The van der Waals surface area contributed by atoms with Crippen LogP contribution in [0.5, 0.6) is 0 Å². The predicted molar refractivity (Wildman–Crippen MR) is 64.5 cm³/mol. The van der Waals surface area contributed by atoms with E-state index in [1.807, 2.05) is 13.8 Å². The number of hydrogen-bond acceptors (Lipinski definition) is 3. The molecule has 0 amide bonds. The van der Waals surface area contributed by atoms with Crippen LogP contribution in [0, 0.1) is 5.82 Å². The zero-order chi connectivity index (χ0) is 12.4. The van der Waals surface area contributed by atoms with Gasteiger partial charge in [0.25, 0.3) is 0 Å². The number of rotatable bonds is 3. The quantitative estimate of drug-likeness (QED) is 0.827. The average Bonchev–Trinajstić information content (AvgIpc) is 2.72. The summed E-state index contributed by atoms with van der Waals surface area (Å²) in [5, 5.41) is 4.36. The van der Waals surface area contributed by atoms with Crippen LogP contribution in [0.15, 0.2) is 18.2 Å². The highest BCUT2D eigenvalue weighted by Gasteiger charge is 2.11. The second-order valence-corrected chi connectivity index (χ2v) is 3.77. The summed E-state index contributed by atoms with van der Waals surface area (Å²) in [6, 6.07) is 4.29. The Morgan fingerprint density at radius 2 is 2.06 bits per heavy atom. The first kappa shape index (κ1) is 11.6. The Hall–Kier alpha value is -1.91. The minimum absolute atomic E-state index is 0.347. The summed E-state index contributed by atoms with van der Waals surface area (Å²) in [5.41, 5.74) is 6.84. The van der Waals surface area contributed by atoms with Crippen LogP contribution in [0.2, 0.25) is 0 Å². The van der Waals surface area contributed by atoms with Crippen molar-refractivity contribution in [1.82, 2.24) is 14.8 Å². The van der Waals surface area contributed by atoms with Gasteiger partial charge in [0.1, 0.15) is 11.6 Å². The molecule has 2 rings (SSSR count). The Labute approximate surface area is 99.3 Å². The largest absolute Gasteiger partial charge is 0.397 e. The van der Waals surface area contributed by atoms with Crippen molar-refractivity contribution in [2.24, 2.45) is 0 Å². The van der Waals surface area contributed by atoms with Gasteiger partial charge in [-0.15, -0.1) is 0 Å². The molecule has 5 heteroatoms. The molecular formula is C12H15FN4. The van der Waals surface area contributed by atoms with Crippen molar-refractivity contribution in [2.45, 2.75) is 26.7 Å². The number of halogens is 1. The number of nitrogen functional groups attached to an aromatic ring is 1. The third-order valence-electron chi connectivity index (χ3n) is 2.57. The molecular weight excluding hydrogens is 219 g/mol. The summed E-state index contributed by atoms with van der Waals surface area (Å²) in [6.07, 6.45) is 1.52. The van der Waals surface area contributed by atoms with E-state index in [0.29, 0.717) is 11.4 Å². The molecule has 0 spiro atoms. The maximum atomic E-state index is 13.0. The maximum absolute atomic E-state index is 13.0. The van der Waals surface area contributed by atoms with Crippen molar-refractivity contribution >= 4 is 5.69 Å². The van der Waals surface area contributed by atoms with E-state index in [2.05, 4.69) is 10.1 Å². The molecule has 17 heavy (non-hydrogen) atoms. The lowest BCUT2D eigenvalue weighted by Crippen LogP contribution is -2.05. The van der Waals surface area contributed by atoms with E-state index in [-0.39, 0.29) is 5.82 Å². The van der Waals surface area contributed by atoms with Crippen LogP contribution >= 0.6 is 0 Å². The Bertz CT molecular complexity index is 533. The van der Waals surface area contributed by atoms with Gasteiger partial charge in [0.15, 0.2) is 5.82 Å². The third-order valence-corrected chi connectivity index (χ3v) is 2.57. The van der Waals surface area contributed by atoms with Gasteiger partial charge in [-0.25, -0.2) is 14.1 Å². The van der Waals surface area contributed by atoms with Crippen LogP contribution in [-0.4, -0.2) is 14.8 Å². The fourth-order valence-corrected chi connectivity index (χ4v) is 1.68. The number of aryl methyl sites for hydroxylation is 2. The smallest absolute Gasteiger partial charge is 0.151 e. The predicted octanol–water partition coefficient (Wildman–Crippen LogP) is 2.11. The van der Waals surface area contributed by atoms with E-state index < -0.39 is 0 Å². The Morgan fingerprint density at radius 3 is 2.65 bits per heavy atom. The van der Waals surface area contributed by atoms with Crippen molar-refractivity contribution in [3.8, 4) is 5.69 Å². The van der Waals surface area contributed by atoms with E-state index in [1.165, 1.54) is 12.1 Å². The molecule has 1 heterocycles. The van der Waals surface area contributed by atoms with Gasteiger partial charge < -0.3 is 5.73 Å². The highest BCUT2D eigenvalue weighted by Crippen LogP contribution is 2.19. The summed E-state index contributed by atoms with van der Waals surface area (Å²) in [6.45, 7) is 3.99. The number of benzene rings is 1. The van der Waals surface area contributed by atoms with Crippen LogP contribution in [0.25, 0.3) is 5.69 Å².